The molecule has 1 aliphatic rings. The van der Waals surface area contributed by atoms with Gasteiger partial charge in [0, 0.05) is 20.6 Å². The highest BCUT2D eigenvalue weighted by atomic mass is 16.6. The summed E-state index contributed by atoms with van der Waals surface area (Å²) in [4.78, 5) is 11.5. The number of hydrogen-bond acceptors (Lipinski definition) is 5. The molecule has 3 unspecified atom stereocenters. The van der Waals surface area contributed by atoms with Gasteiger partial charge in [0.2, 0.25) is 0 Å². The summed E-state index contributed by atoms with van der Waals surface area (Å²) in [5, 5.41) is 0. The van der Waals surface area contributed by atoms with Gasteiger partial charge in [-0.25, -0.2) is 0 Å². The molecular weight excluding hydrogens is 210 g/mol. The first-order valence-corrected chi connectivity index (χ1v) is 5.65. The van der Waals surface area contributed by atoms with Crippen LogP contribution in [0.1, 0.15) is 25.7 Å². The summed E-state index contributed by atoms with van der Waals surface area (Å²) in [6.07, 6.45) is 3.86. The third kappa shape index (κ3) is 4.08. The van der Waals surface area contributed by atoms with Gasteiger partial charge >= 0.3 is 5.97 Å². The van der Waals surface area contributed by atoms with E-state index in [0.29, 0.717) is 0 Å². The molecular formula is C11H21NO4. The molecule has 1 aliphatic carbocycles. The summed E-state index contributed by atoms with van der Waals surface area (Å²) in [5.41, 5.74) is 5.58. The Bertz CT molecular complexity index is 222. The van der Waals surface area contributed by atoms with Gasteiger partial charge in [-0.15, -0.1) is 0 Å². The van der Waals surface area contributed by atoms with Crippen LogP contribution in [0, 0.1) is 0 Å². The Morgan fingerprint density at radius 2 is 2.06 bits per heavy atom. The fraction of sp³-hybridized carbons (Fsp3) is 0.909. The minimum atomic E-state index is -0.687. The van der Waals surface area contributed by atoms with Gasteiger partial charge < -0.3 is 19.9 Å². The lowest BCUT2D eigenvalue weighted by molar-refractivity contribution is -0.155. The molecule has 0 aromatic rings. The first kappa shape index (κ1) is 13.4. The Hall–Kier alpha value is -0.650. The number of methoxy groups -OCH3 is 2. The molecule has 2 N–H and O–H groups in total. The van der Waals surface area contributed by atoms with Crippen LogP contribution in [0.25, 0.3) is 0 Å². The van der Waals surface area contributed by atoms with Gasteiger partial charge in [-0.05, 0) is 19.3 Å². The second-order valence-corrected chi connectivity index (χ2v) is 4.15. The predicted octanol–water partition coefficient (Wildman–Crippen LogP) is 0.461. The summed E-state index contributed by atoms with van der Waals surface area (Å²) in [7, 11) is 3.19. The van der Waals surface area contributed by atoms with Crippen molar-refractivity contribution in [3.05, 3.63) is 0 Å². The lowest BCUT2D eigenvalue weighted by atomic mass is 9.95. The quantitative estimate of drug-likeness (QED) is 0.696. The van der Waals surface area contributed by atoms with Crippen molar-refractivity contribution >= 4 is 5.97 Å². The molecule has 16 heavy (non-hydrogen) atoms. The Balaban J connectivity index is 2.32. The molecule has 1 saturated carbocycles. The summed E-state index contributed by atoms with van der Waals surface area (Å²) in [5.74, 6) is -0.386. The normalized spacial score (nSPS) is 27.4. The van der Waals surface area contributed by atoms with E-state index in [1.165, 1.54) is 7.11 Å². The molecule has 0 aromatic carbocycles. The van der Waals surface area contributed by atoms with E-state index in [0.717, 1.165) is 25.7 Å². The minimum Gasteiger partial charge on any atom is -0.461 e. The molecule has 5 nitrogen and oxygen atoms in total. The Morgan fingerprint density at radius 3 is 2.69 bits per heavy atom. The molecule has 0 aliphatic heterocycles. The van der Waals surface area contributed by atoms with Crippen LogP contribution >= 0.6 is 0 Å². The van der Waals surface area contributed by atoms with Gasteiger partial charge in [0.15, 0.2) is 0 Å². The fourth-order valence-corrected chi connectivity index (χ4v) is 1.92. The Morgan fingerprint density at radius 1 is 1.38 bits per heavy atom. The molecule has 0 heterocycles. The first-order chi connectivity index (χ1) is 7.67. The van der Waals surface area contributed by atoms with Crippen molar-refractivity contribution in [2.75, 3.05) is 20.8 Å². The smallest absolute Gasteiger partial charge is 0.325 e. The Kier molecular flexibility index (Phi) is 5.73. The molecule has 0 radical (unpaired) electrons. The van der Waals surface area contributed by atoms with Gasteiger partial charge in [-0.2, -0.15) is 0 Å². The van der Waals surface area contributed by atoms with E-state index in [9.17, 15) is 4.79 Å². The average molecular weight is 231 g/mol. The van der Waals surface area contributed by atoms with Crippen molar-refractivity contribution in [1.29, 1.82) is 0 Å². The maximum atomic E-state index is 11.5. The van der Waals surface area contributed by atoms with Gasteiger partial charge in [0.25, 0.3) is 0 Å². The van der Waals surface area contributed by atoms with Gasteiger partial charge in [-0.3, -0.25) is 4.79 Å². The summed E-state index contributed by atoms with van der Waals surface area (Å²) >= 11 is 0. The van der Waals surface area contributed by atoms with Crippen molar-refractivity contribution < 1.29 is 19.0 Å². The molecule has 0 saturated heterocycles. The van der Waals surface area contributed by atoms with E-state index < -0.39 is 6.04 Å². The topological polar surface area (TPSA) is 70.8 Å². The van der Waals surface area contributed by atoms with Crippen molar-refractivity contribution in [3.63, 3.8) is 0 Å². The van der Waals surface area contributed by atoms with Crippen LogP contribution in [0.2, 0.25) is 0 Å². The van der Waals surface area contributed by atoms with Crippen molar-refractivity contribution in [2.45, 2.75) is 43.9 Å². The highest BCUT2D eigenvalue weighted by Crippen LogP contribution is 2.23. The van der Waals surface area contributed by atoms with Gasteiger partial charge in [-0.1, -0.05) is 0 Å². The maximum absolute atomic E-state index is 11.5. The predicted molar refractivity (Wildman–Crippen MR) is 59.0 cm³/mol. The standard InChI is InChI=1S/C11H21NO4/c1-14-7-10(12)11(13)16-9-5-3-4-8(6-9)15-2/h8-10H,3-7,12H2,1-2H3. The largest absolute Gasteiger partial charge is 0.461 e. The number of nitrogens with two attached hydrogens (primary N) is 1. The lowest BCUT2D eigenvalue weighted by Gasteiger charge is -2.28. The van der Waals surface area contributed by atoms with E-state index in [1.54, 1.807) is 7.11 Å². The number of carbonyl (C=O) groups is 1. The van der Waals surface area contributed by atoms with Crippen molar-refractivity contribution in [1.82, 2.24) is 0 Å². The molecule has 0 spiro atoms. The van der Waals surface area contributed by atoms with Crippen LogP contribution in [-0.4, -0.2) is 45.0 Å². The molecule has 3 atom stereocenters. The van der Waals surface area contributed by atoms with Crippen LogP contribution in [0.4, 0.5) is 0 Å². The van der Waals surface area contributed by atoms with E-state index in [-0.39, 0.29) is 24.8 Å². The molecule has 5 heteroatoms. The van der Waals surface area contributed by atoms with Crippen LogP contribution in [-0.2, 0) is 19.0 Å². The number of esters is 1. The third-order valence-corrected chi connectivity index (χ3v) is 2.84. The number of ether oxygens (including phenoxy) is 3. The zero-order chi connectivity index (χ0) is 12.0. The van der Waals surface area contributed by atoms with E-state index in [2.05, 4.69) is 0 Å². The molecule has 0 aromatic heterocycles. The van der Waals surface area contributed by atoms with E-state index in [4.69, 9.17) is 19.9 Å². The Labute approximate surface area is 96.2 Å². The highest BCUT2D eigenvalue weighted by Gasteiger charge is 2.26. The van der Waals surface area contributed by atoms with Crippen LogP contribution in [0.15, 0.2) is 0 Å². The maximum Gasteiger partial charge on any atom is 0.325 e. The number of rotatable bonds is 5. The number of hydrogen-bond donors (Lipinski definition) is 1. The molecule has 94 valence electrons. The van der Waals surface area contributed by atoms with Crippen LogP contribution in [0.5, 0.6) is 0 Å². The molecule has 1 rings (SSSR count). The monoisotopic (exact) mass is 231 g/mol. The third-order valence-electron chi connectivity index (χ3n) is 2.84. The average Bonchev–Trinajstić information content (AvgIpc) is 2.29. The van der Waals surface area contributed by atoms with Crippen LogP contribution in [0.3, 0.4) is 0 Å². The molecule has 0 bridgehead atoms. The number of carbonyl (C=O) groups excluding carboxylic acids is 1. The lowest BCUT2D eigenvalue weighted by Crippen LogP contribution is -2.40. The summed E-state index contributed by atoms with van der Waals surface area (Å²) < 4.78 is 15.4. The minimum absolute atomic E-state index is 0.0610. The second-order valence-electron chi connectivity index (χ2n) is 4.15. The van der Waals surface area contributed by atoms with Crippen molar-refractivity contribution in [3.8, 4) is 0 Å². The second kappa shape index (κ2) is 6.83. The van der Waals surface area contributed by atoms with Crippen molar-refractivity contribution in [2.24, 2.45) is 5.73 Å². The first-order valence-electron chi connectivity index (χ1n) is 5.65. The fourth-order valence-electron chi connectivity index (χ4n) is 1.92. The van der Waals surface area contributed by atoms with Gasteiger partial charge in [0.1, 0.15) is 12.1 Å². The molecule has 1 fully saturated rings. The van der Waals surface area contributed by atoms with Gasteiger partial charge in [0.05, 0.1) is 12.7 Å². The summed E-state index contributed by atoms with van der Waals surface area (Å²) in [6.45, 7) is 0.194. The van der Waals surface area contributed by atoms with E-state index >= 15 is 0 Å². The zero-order valence-electron chi connectivity index (χ0n) is 9.98. The highest BCUT2D eigenvalue weighted by molar-refractivity contribution is 5.75. The molecule has 0 amide bonds. The van der Waals surface area contributed by atoms with E-state index in [1.807, 2.05) is 0 Å². The SMILES string of the molecule is COCC(N)C(=O)OC1CCCC(OC)C1. The van der Waals surface area contributed by atoms with Crippen LogP contribution < -0.4 is 5.73 Å². The zero-order valence-corrected chi connectivity index (χ0v) is 9.98. The summed E-state index contributed by atoms with van der Waals surface area (Å²) in [6, 6.07) is -0.687.